The van der Waals surface area contributed by atoms with Gasteiger partial charge in [0, 0.05) is 76.4 Å². The number of anilines is 4. The van der Waals surface area contributed by atoms with Crippen LogP contribution in [0.5, 0.6) is 0 Å². The third-order valence-corrected chi connectivity index (χ3v) is 8.16. The maximum atomic E-state index is 14.0. The van der Waals surface area contributed by atoms with Crippen LogP contribution in [0.3, 0.4) is 0 Å². The number of benzene rings is 1. The van der Waals surface area contributed by atoms with Crippen LogP contribution in [-0.4, -0.2) is 72.3 Å². The Bertz CT molecular complexity index is 1610. The van der Waals surface area contributed by atoms with E-state index in [1.807, 2.05) is 9.80 Å². The Kier molecular flexibility index (Phi) is 8.53. The molecule has 0 bridgehead atoms. The Morgan fingerprint density at radius 2 is 1.11 bits per heavy atom. The summed E-state index contributed by atoms with van der Waals surface area (Å²) in [6, 6.07) is 10.4. The highest BCUT2D eigenvalue weighted by molar-refractivity contribution is 6.31. The summed E-state index contributed by atoms with van der Waals surface area (Å²) >= 11 is 6.06. The van der Waals surface area contributed by atoms with Crippen molar-refractivity contribution in [3.05, 3.63) is 82.9 Å². The van der Waals surface area contributed by atoms with Crippen molar-refractivity contribution < 1.29 is 30.7 Å². The maximum Gasteiger partial charge on any atom is 0.419 e. The van der Waals surface area contributed by atoms with Crippen LogP contribution < -0.4 is 19.6 Å². The van der Waals surface area contributed by atoms with Crippen molar-refractivity contribution in [1.82, 2.24) is 19.9 Å². The monoisotopic (exact) mass is 666 g/mol. The van der Waals surface area contributed by atoms with Gasteiger partial charge >= 0.3 is 12.4 Å². The lowest BCUT2D eigenvalue weighted by Gasteiger charge is -2.38. The zero-order chi connectivity index (χ0) is 32.6. The lowest BCUT2D eigenvalue weighted by molar-refractivity contribution is -0.138. The van der Waals surface area contributed by atoms with E-state index in [9.17, 15) is 30.7 Å². The van der Waals surface area contributed by atoms with Crippen LogP contribution >= 0.6 is 11.6 Å². The summed E-state index contributed by atoms with van der Waals surface area (Å²) in [5.41, 5.74) is -0.681. The second-order valence-corrected chi connectivity index (χ2v) is 11.1. The zero-order valence-corrected chi connectivity index (χ0v) is 24.8. The molecule has 2 fully saturated rings. The second kappa shape index (κ2) is 12.4. The van der Waals surface area contributed by atoms with E-state index in [2.05, 4.69) is 9.97 Å². The van der Waals surface area contributed by atoms with Crippen LogP contribution in [0, 0.1) is 5.82 Å². The predicted octanol–water partition coefficient (Wildman–Crippen LogP) is 6.42. The summed E-state index contributed by atoms with van der Waals surface area (Å²) in [7, 11) is 0. The fraction of sp³-hybridized carbons (Fsp3) is 0.333. The van der Waals surface area contributed by atoms with Gasteiger partial charge in [-0.2, -0.15) is 31.3 Å². The second-order valence-electron chi connectivity index (χ2n) is 10.7. The molecule has 2 saturated heterocycles. The summed E-state index contributed by atoms with van der Waals surface area (Å²) in [6.07, 6.45) is -6.46. The zero-order valence-electron chi connectivity index (χ0n) is 24.0. The number of nitrogens with zero attached hydrogens (tertiary/aromatic N) is 8. The summed E-state index contributed by atoms with van der Waals surface area (Å²) in [5.74, 6) is -0.0999. The van der Waals surface area contributed by atoms with E-state index < -0.39 is 29.3 Å². The number of halogens is 8. The van der Waals surface area contributed by atoms with E-state index in [0.717, 1.165) is 12.1 Å². The number of rotatable bonds is 5. The molecule has 242 valence electrons. The average Bonchev–Trinajstić information content (AvgIpc) is 3.05. The molecule has 0 aliphatic carbocycles. The molecule has 0 N–H and O–H groups in total. The van der Waals surface area contributed by atoms with Crippen molar-refractivity contribution in [3.8, 4) is 11.3 Å². The molecule has 3 aromatic heterocycles. The molecule has 0 amide bonds. The largest absolute Gasteiger partial charge is 0.419 e. The molecule has 2 aliphatic rings. The van der Waals surface area contributed by atoms with Gasteiger partial charge in [-0.25, -0.2) is 19.3 Å². The van der Waals surface area contributed by atoms with Crippen LogP contribution in [0.1, 0.15) is 11.1 Å². The van der Waals surface area contributed by atoms with Crippen LogP contribution in [0.2, 0.25) is 5.02 Å². The Balaban J connectivity index is 1.26. The van der Waals surface area contributed by atoms with E-state index in [1.54, 1.807) is 15.9 Å². The molecule has 8 nitrogen and oxygen atoms in total. The minimum Gasteiger partial charge on any atom is -0.353 e. The molecule has 1 aromatic carbocycles. The molecule has 4 aromatic rings. The van der Waals surface area contributed by atoms with Crippen molar-refractivity contribution in [2.45, 2.75) is 12.4 Å². The number of piperazine rings is 2. The first kappa shape index (κ1) is 31.6. The van der Waals surface area contributed by atoms with Gasteiger partial charge in [-0.3, -0.25) is 0 Å². The summed E-state index contributed by atoms with van der Waals surface area (Å²) in [6.45, 7) is 2.13. The van der Waals surface area contributed by atoms with Crippen molar-refractivity contribution in [2.75, 3.05) is 72.0 Å². The number of pyridine rings is 2. The molecule has 6 rings (SSSR count). The quantitative estimate of drug-likeness (QED) is 0.226. The van der Waals surface area contributed by atoms with E-state index in [4.69, 9.17) is 21.6 Å². The molecule has 46 heavy (non-hydrogen) atoms. The molecule has 5 heterocycles. The normalized spacial score (nSPS) is 16.3. The first-order chi connectivity index (χ1) is 21.9. The van der Waals surface area contributed by atoms with Gasteiger partial charge in [-0.05, 0) is 42.5 Å². The van der Waals surface area contributed by atoms with Crippen LogP contribution in [0.25, 0.3) is 11.3 Å². The first-order valence-electron chi connectivity index (χ1n) is 14.3. The van der Waals surface area contributed by atoms with Gasteiger partial charge in [0.2, 0.25) is 5.95 Å². The predicted molar refractivity (Wildman–Crippen MR) is 160 cm³/mol. The highest BCUT2D eigenvalue weighted by Crippen LogP contribution is 2.37. The molecular weight excluding hydrogens is 641 g/mol. The van der Waals surface area contributed by atoms with Crippen LogP contribution in [0.15, 0.2) is 60.9 Å². The highest BCUT2D eigenvalue weighted by atomic mass is 35.5. The third kappa shape index (κ3) is 6.59. The van der Waals surface area contributed by atoms with Gasteiger partial charge in [-0.15, -0.1) is 0 Å². The standard InChI is InChI=1S/C30H26ClF7N8/c31-22-17-19(5-6-23(22)32)24-18-25(43-9-11-44(12-10-43)26-20(29(33,34)35)3-1-7-39-26)42-28(41-24)46-15-13-45(14-16-46)27-21(30(36,37)38)4-2-8-40-27/h1-8,17-18H,9-16H2. The molecule has 0 radical (unpaired) electrons. The number of hydrogen-bond acceptors (Lipinski definition) is 8. The van der Waals surface area contributed by atoms with Crippen LogP contribution in [0.4, 0.5) is 54.1 Å². The van der Waals surface area contributed by atoms with Gasteiger partial charge in [0.15, 0.2) is 0 Å². The number of hydrogen-bond donors (Lipinski definition) is 0. The highest BCUT2D eigenvalue weighted by Gasteiger charge is 2.38. The third-order valence-electron chi connectivity index (χ3n) is 7.87. The lowest BCUT2D eigenvalue weighted by Crippen LogP contribution is -2.49. The Labute approximate surface area is 264 Å². The smallest absolute Gasteiger partial charge is 0.353 e. The van der Waals surface area contributed by atoms with E-state index in [0.29, 0.717) is 36.1 Å². The first-order valence-corrected chi connectivity index (χ1v) is 14.6. The minimum atomic E-state index is -4.56. The van der Waals surface area contributed by atoms with Gasteiger partial charge in [-0.1, -0.05) is 11.6 Å². The topological polar surface area (TPSA) is 64.5 Å². The maximum absolute atomic E-state index is 14.0. The molecule has 0 unspecified atom stereocenters. The summed E-state index contributed by atoms with van der Waals surface area (Å²) in [4.78, 5) is 24.3. The van der Waals surface area contributed by atoms with Gasteiger partial charge in [0.25, 0.3) is 0 Å². The lowest BCUT2D eigenvalue weighted by atomic mass is 10.1. The Morgan fingerprint density at radius 1 is 0.609 bits per heavy atom. The van der Waals surface area contributed by atoms with E-state index in [1.165, 1.54) is 42.7 Å². The van der Waals surface area contributed by atoms with E-state index in [-0.39, 0.29) is 55.9 Å². The molecule has 0 atom stereocenters. The van der Waals surface area contributed by atoms with E-state index >= 15 is 0 Å². The summed E-state index contributed by atoms with van der Waals surface area (Å²) in [5, 5.41) is -0.104. The summed E-state index contributed by atoms with van der Waals surface area (Å²) < 4.78 is 95.7. The fourth-order valence-electron chi connectivity index (χ4n) is 5.53. The van der Waals surface area contributed by atoms with Gasteiger partial charge in [0.1, 0.15) is 23.3 Å². The van der Waals surface area contributed by atoms with Crippen molar-refractivity contribution in [2.24, 2.45) is 0 Å². The Morgan fingerprint density at radius 3 is 1.61 bits per heavy atom. The molecule has 2 aliphatic heterocycles. The average molecular weight is 667 g/mol. The molecule has 0 spiro atoms. The van der Waals surface area contributed by atoms with Crippen molar-refractivity contribution in [3.63, 3.8) is 0 Å². The molecule has 0 saturated carbocycles. The fourth-order valence-corrected chi connectivity index (χ4v) is 5.72. The number of alkyl halides is 6. The van der Waals surface area contributed by atoms with Gasteiger partial charge in [0.05, 0.1) is 21.8 Å². The SMILES string of the molecule is Fc1ccc(-c2cc(N3CCN(c4ncccc4C(F)(F)F)CC3)nc(N3CCN(c4ncccc4C(F)(F)F)CC3)n2)cc1Cl. The van der Waals surface area contributed by atoms with Crippen LogP contribution in [-0.2, 0) is 12.4 Å². The number of aromatic nitrogens is 4. The van der Waals surface area contributed by atoms with Crippen molar-refractivity contribution >= 4 is 35.0 Å². The molecular formula is C30H26ClF7N8. The van der Waals surface area contributed by atoms with Gasteiger partial charge < -0.3 is 19.6 Å². The Hall–Kier alpha value is -4.40. The molecule has 16 heteroatoms. The minimum absolute atomic E-state index is 0.104. The van der Waals surface area contributed by atoms with Crippen molar-refractivity contribution in [1.29, 1.82) is 0 Å².